The van der Waals surface area contributed by atoms with Gasteiger partial charge in [-0.25, -0.2) is 9.50 Å². The standard InChI is InChI=1S/C23H30N8O3/c1-14(13-33-3)26-23-24-10-21-19(8-20(31(21)28-23)16-4-6-18(32)7-5-16)17-9-25-30(11-17)12-22-27-15(2)34-29-22/h8-11,14,16,18,32H,4-7,12-13H2,1-3H3,(H,26,28)/t14-,16?,18?/m0/s1. The lowest BCUT2D eigenvalue weighted by atomic mass is 9.85. The Bertz CT molecular complexity index is 1250. The number of nitrogens with one attached hydrogen (secondary N) is 1. The van der Waals surface area contributed by atoms with Gasteiger partial charge in [-0.1, -0.05) is 5.16 Å². The highest BCUT2D eigenvalue weighted by molar-refractivity contribution is 5.81. The summed E-state index contributed by atoms with van der Waals surface area (Å²) in [5.41, 5.74) is 4.04. The maximum absolute atomic E-state index is 10.0. The maximum Gasteiger partial charge on any atom is 0.241 e. The van der Waals surface area contributed by atoms with E-state index in [0.29, 0.717) is 36.7 Å². The number of aromatic nitrogens is 7. The largest absolute Gasteiger partial charge is 0.393 e. The number of ether oxygens (including phenoxy) is 1. The molecule has 0 radical (unpaired) electrons. The van der Waals surface area contributed by atoms with Crippen molar-refractivity contribution in [2.24, 2.45) is 0 Å². The summed E-state index contributed by atoms with van der Waals surface area (Å²) in [7, 11) is 1.68. The summed E-state index contributed by atoms with van der Waals surface area (Å²) in [6, 6.07) is 2.27. The van der Waals surface area contributed by atoms with Crippen LogP contribution in [0.25, 0.3) is 16.6 Å². The molecule has 0 unspecified atom stereocenters. The van der Waals surface area contributed by atoms with Crippen LogP contribution in [-0.4, -0.2) is 65.5 Å². The predicted octanol–water partition coefficient (Wildman–Crippen LogP) is 2.80. The van der Waals surface area contributed by atoms with Crippen molar-refractivity contribution in [1.29, 1.82) is 0 Å². The molecule has 1 fully saturated rings. The van der Waals surface area contributed by atoms with E-state index >= 15 is 0 Å². The number of aryl methyl sites for hydroxylation is 1. The second-order valence-electron chi connectivity index (χ2n) is 9.02. The monoisotopic (exact) mass is 466 g/mol. The Morgan fingerprint density at radius 1 is 1.26 bits per heavy atom. The maximum atomic E-state index is 10.0. The molecule has 1 saturated carbocycles. The molecule has 0 amide bonds. The van der Waals surface area contributed by atoms with Gasteiger partial charge in [0.1, 0.15) is 6.54 Å². The molecule has 0 bridgehead atoms. The smallest absolute Gasteiger partial charge is 0.241 e. The molecule has 0 aliphatic heterocycles. The number of fused-ring (bicyclic) bond motifs is 1. The Morgan fingerprint density at radius 2 is 2.09 bits per heavy atom. The lowest BCUT2D eigenvalue weighted by Gasteiger charge is -2.25. The lowest BCUT2D eigenvalue weighted by Crippen LogP contribution is -2.23. The fourth-order valence-electron chi connectivity index (χ4n) is 4.63. The summed E-state index contributed by atoms with van der Waals surface area (Å²) in [5.74, 6) is 1.99. The van der Waals surface area contributed by atoms with Gasteiger partial charge in [0.05, 0.1) is 30.6 Å². The van der Waals surface area contributed by atoms with E-state index in [-0.39, 0.29) is 12.1 Å². The molecule has 11 nitrogen and oxygen atoms in total. The van der Waals surface area contributed by atoms with Crippen molar-refractivity contribution in [1.82, 2.24) is 34.5 Å². The minimum Gasteiger partial charge on any atom is -0.393 e. The molecule has 11 heteroatoms. The van der Waals surface area contributed by atoms with E-state index in [2.05, 4.69) is 31.6 Å². The number of nitrogens with zero attached hydrogens (tertiary/aromatic N) is 7. The van der Waals surface area contributed by atoms with Gasteiger partial charge in [-0.3, -0.25) is 4.68 Å². The van der Waals surface area contributed by atoms with E-state index in [1.54, 1.807) is 18.7 Å². The van der Waals surface area contributed by atoms with Gasteiger partial charge in [-0.2, -0.15) is 10.1 Å². The van der Waals surface area contributed by atoms with Gasteiger partial charge < -0.3 is 19.7 Å². The molecule has 4 aromatic rings. The fourth-order valence-corrected chi connectivity index (χ4v) is 4.63. The van der Waals surface area contributed by atoms with Gasteiger partial charge in [0.2, 0.25) is 11.8 Å². The third-order valence-electron chi connectivity index (χ3n) is 6.27. The first-order chi connectivity index (χ1) is 16.5. The number of aliphatic hydroxyl groups is 1. The predicted molar refractivity (Wildman–Crippen MR) is 125 cm³/mol. The molecular formula is C23H30N8O3. The number of hydrogen-bond acceptors (Lipinski definition) is 9. The zero-order valence-corrected chi connectivity index (χ0v) is 19.7. The van der Waals surface area contributed by atoms with E-state index < -0.39 is 0 Å². The molecule has 4 heterocycles. The van der Waals surface area contributed by atoms with Gasteiger partial charge in [0, 0.05) is 49.0 Å². The van der Waals surface area contributed by atoms with Crippen LogP contribution >= 0.6 is 0 Å². The van der Waals surface area contributed by atoms with Gasteiger partial charge in [0.15, 0.2) is 5.82 Å². The summed E-state index contributed by atoms with van der Waals surface area (Å²) in [6.45, 7) is 4.79. The molecule has 2 N–H and O–H groups in total. The molecule has 34 heavy (non-hydrogen) atoms. The normalized spacial score (nSPS) is 19.5. The van der Waals surface area contributed by atoms with Crippen LogP contribution in [0.4, 0.5) is 5.95 Å². The topological polar surface area (TPSA) is 128 Å². The van der Waals surface area contributed by atoms with E-state index in [1.807, 2.05) is 30.0 Å². The average molecular weight is 467 g/mol. The SMILES string of the molecule is COC[C@H](C)Nc1ncc2c(-c3cnn(Cc4noc(C)n4)c3)cc(C3CCC(O)CC3)n2n1. The highest BCUT2D eigenvalue weighted by atomic mass is 16.5. The Labute approximate surface area is 197 Å². The summed E-state index contributed by atoms with van der Waals surface area (Å²) >= 11 is 0. The summed E-state index contributed by atoms with van der Waals surface area (Å²) in [4.78, 5) is 8.82. The minimum absolute atomic E-state index is 0.0813. The number of anilines is 1. The summed E-state index contributed by atoms with van der Waals surface area (Å²) < 4.78 is 14.1. The molecule has 1 aliphatic rings. The van der Waals surface area contributed by atoms with E-state index in [0.717, 1.165) is 48.0 Å². The van der Waals surface area contributed by atoms with Gasteiger partial charge >= 0.3 is 0 Å². The Morgan fingerprint density at radius 3 is 2.82 bits per heavy atom. The molecule has 5 rings (SSSR count). The first-order valence-electron chi connectivity index (χ1n) is 11.6. The van der Waals surface area contributed by atoms with Gasteiger partial charge in [-0.15, -0.1) is 5.10 Å². The van der Waals surface area contributed by atoms with E-state index in [9.17, 15) is 5.11 Å². The van der Waals surface area contributed by atoms with Crippen molar-refractivity contribution >= 4 is 11.5 Å². The zero-order chi connectivity index (χ0) is 23.7. The second-order valence-corrected chi connectivity index (χ2v) is 9.02. The molecule has 0 aromatic carbocycles. The van der Waals surface area contributed by atoms with Crippen molar-refractivity contribution in [3.05, 3.63) is 42.1 Å². The van der Waals surface area contributed by atoms with Crippen molar-refractivity contribution < 1.29 is 14.4 Å². The third-order valence-corrected chi connectivity index (χ3v) is 6.27. The average Bonchev–Trinajstić information content (AvgIpc) is 3.53. The number of rotatable bonds is 8. The fraction of sp³-hybridized carbons (Fsp3) is 0.522. The van der Waals surface area contributed by atoms with Crippen LogP contribution in [0.5, 0.6) is 0 Å². The molecule has 1 aliphatic carbocycles. The summed E-state index contributed by atoms with van der Waals surface area (Å²) in [6.07, 6.45) is 8.91. The molecule has 0 saturated heterocycles. The van der Waals surface area contributed by atoms with Crippen LogP contribution in [0, 0.1) is 6.92 Å². The second kappa shape index (κ2) is 9.51. The molecule has 0 spiro atoms. The van der Waals surface area contributed by atoms with Crippen LogP contribution < -0.4 is 5.32 Å². The molecule has 1 atom stereocenters. The highest BCUT2D eigenvalue weighted by Gasteiger charge is 2.26. The van der Waals surface area contributed by atoms with Gasteiger partial charge in [0.25, 0.3) is 0 Å². The van der Waals surface area contributed by atoms with Crippen LogP contribution in [-0.2, 0) is 11.3 Å². The molecular weight excluding hydrogens is 436 g/mol. The minimum atomic E-state index is -0.212. The molecule has 4 aromatic heterocycles. The number of hydrogen-bond donors (Lipinski definition) is 2. The lowest BCUT2D eigenvalue weighted by molar-refractivity contribution is 0.121. The number of aliphatic hydroxyl groups excluding tert-OH is 1. The van der Waals surface area contributed by atoms with E-state index in [1.165, 1.54) is 0 Å². The first-order valence-corrected chi connectivity index (χ1v) is 11.6. The van der Waals surface area contributed by atoms with Crippen molar-refractivity contribution in [2.45, 2.75) is 64.1 Å². The van der Waals surface area contributed by atoms with Gasteiger partial charge in [-0.05, 0) is 38.7 Å². The Hall–Kier alpha value is -3.31. The van der Waals surface area contributed by atoms with Crippen molar-refractivity contribution in [2.75, 3.05) is 19.0 Å². The zero-order valence-electron chi connectivity index (χ0n) is 19.7. The van der Waals surface area contributed by atoms with Crippen molar-refractivity contribution in [3.8, 4) is 11.1 Å². The van der Waals surface area contributed by atoms with Crippen LogP contribution in [0.2, 0.25) is 0 Å². The Balaban J connectivity index is 1.50. The summed E-state index contributed by atoms with van der Waals surface area (Å²) in [5, 5.41) is 26.6. The van der Waals surface area contributed by atoms with Crippen LogP contribution in [0.1, 0.15) is 55.9 Å². The third kappa shape index (κ3) is 4.66. The van der Waals surface area contributed by atoms with Crippen molar-refractivity contribution in [3.63, 3.8) is 0 Å². The molecule has 180 valence electrons. The first kappa shape index (κ1) is 22.5. The van der Waals surface area contributed by atoms with E-state index in [4.69, 9.17) is 14.4 Å². The highest BCUT2D eigenvalue weighted by Crippen LogP contribution is 2.37. The Kier molecular flexibility index (Phi) is 6.29. The van der Waals surface area contributed by atoms with Crippen LogP contribution in [0.3, 0.4) is 0 Å². The quantitative estimate of drug-likeness (QED) is 0.403. The van der Waals surface area contributed by atoms with Crippen LogP contribution in [0.15, 0.2) is 29.2 Å². The number of methoxy groups -OCH3 is 1.